The first kappa shape index (κ1) is 22.7. The number of hydrogen-bond acceptors (Lipinski definition) is 5. The molecular weight excluding hydrogens is 415 g/mol. The third-order valence-corrected chi connectivity index (χ3v) is 6.23. The minimum absolute atomic E-state index is 0.114. The highest BCUT2D eigenvalue weighted by Crippen LogP contribution is 2.29. The number of rotatable bonds is 6. The van der Waals surface area contributed by atoms with Crippen LogP contribution in [0.4, 0.5) is 13.2 Å². The topological polar surface area (TPSA) is 49.6 Å². The number of alkyl halides is 3. The number of hydrogen-bond donors (Lipinski definition) is 0. The Bertz CT molecular complexity index is 833. The van der Waals surface area contributed by atoms with Gasteiger partial charge in [0.05, 0.1) is 17.0 Å². The van der Waals surface area contributed by atoms with Gasteiger partial charge in [-0.15, -0.1) is 11.8 Å². The third-order valence-electron chi connectivity index (χ3n) is 5.28. The van der Waals surface area contributed by atoms with Gasteiger partial charge in [-0.3, -0.25) is 9.69 Å². The van der Waals surface area contributed by atoms with Gasteiger partial charge in [0.2, 0.25) is 5.91 Å². The standard InChI is InChI=1S/C21H26F3N3O2S/c1-15-19(16(2)29-25-15)13-30-14-20(28)27-9-3-8-26(10-11-27)12-17-4-6-18(7-5-17)21(22,23)24/h4-7H,3,8-14H2,1-2H3. The molecular formula is C21H26F3N3O2S. The van der Waals surface area contributed by atoms with Gasteiger partial charge in [-0.2, -0.15) is 13.2 Å². The molecule has 164 valence electrons. The molecule has 1 saturated heterocycles. The number of halogens is 3. The lowest BCUT2D eigenvalue weighted by atomic mass is 10.1. The Morgan fingerprint density at radius 2 is 1.87 bits per heavy atom. The number of benzene rings is 1. The number of amides is 1. The van der Waals surface area contributed by atoms with Gasteiger partial charge in [0, 0.05) is 44.0 Å². The Kier molecular flexibility index (Phi) is 7.46. The summed E-state index contributed by atoms with van der Waals surface area (Å²) in [5.74, 6) is 2.01. The number of carbonyl (C=O) groups is 1. The molecule has 0 atom stereocenters. The Labute approximate surface area is 178 Å². The highest BCUT2D eigenvalue weighted by molar-refractivity contribution is 7.99. The van der Waals surface area contributed by atoms with Crippen molar-refractivity contribution in [3.63, 3.8) is 0 Å². The second-order valence-corrected chi connectivity index (χ2v) is 8.49. The second-order valence-electron chi connectivity index (χ2n) is 7.50. The summed E-state index contributed by atoms with van der Waals surface area (Å²) in [5.41, 5.74) is 2.12. The predicted octanol–water partition coefficient (Wildman–Crippen LogP) is 4.28. The molecule has 1 fully saturated rings. The first-order valence-corrected chi connectivity index (χ1v) is 11.1. The summed E-state index contributed by atoms with van der Waals surface area (Å²) in [6, 6.07) is 5.31. The van der Waals surface area contributed by atoms with Crippen LogP contribution in [0.25, 0.3) is 0 Å². The predicted molar refractivity (Wildman–Crippen MR) is 110 cm³/mol. The lowest BCUT2D eigenvalue weighted by molar-refractivity contribution is -0.137. The highest BCUT2D eigenvalue weighted by atomic mass is 32.2. The number of aryl methyl sites for hydroxylation is 2. The van der Waals surface area contributed by atoms with Crippen molar-refractivity contribution in [2.45, 2.75) is 38.7 Å². The molecule has 0 N–H and O–H groups in total. The van der Waals surface area contributed by atoms with Crippen LogP contribution in [0.5, 0.6) is 0 Å². The van der Waals surface area contributed by atoms with E-state index >= 15 is 0 Å². The third kappa shape index (κ3) is 6.01. The van der Waals surface area contributed by atoms with E-state index in [2.05, 4.69) is 10.1 Å². The molecule has 0 aliphatic carbocycles. The molecule has 1 aromatic heterocycles. The monoisotopic (exact) mass is 441 g/mol. The zero-order valence-electron chi connectivity index (χ0n) is 17.2. The summed E-state index contributed by atoms with van der Waals surface area (Å²) in [4.78, 5) is 16.7. The maximum Gasteiger partial charge on any atom is 0.416 e. The number of thioether (sulfide) groups is 1. The minimum atomic E-state index is -4.31. The maximum absolute atomic E-state index is 12.7. The lowest BCUT2D eigenvalue weighted by Crippen LogP contribution is -2.36. The van der Waals surface area contributed by atoms with E-state index in [0.29, 0.717) is 37.7 Å². The molecule has 9 heteroatoms. The highest BCUT2D eigenvalue weighted by Gasteiger charge is 2.30. The van der Waals surface area contributed by atoms with Crippen molar-refractivity contribution in [1.29, 1.82) is 0 Å². The van der Waals surface area contributed by atoms with Crippen molar-refractivity contribution < 1.29 is 22.5 Å². The lowest BCUT2D eigenvalue weighted by Gasteiger charge is -2.22. The molecule has 30 heavy (non-hydrogen) atoms. The van der Waals surface area contributed by atoms with Gasteiger partial charge in [0.1, 0.15) is 5.76 Å². The van der Waals surface area contributed by atoms with Gasteiger partial charge in [0.15, 0.2) is 0 Å². The van der Waals surface area contributed by atoms with E-state index in [4.69, 9.17) is 4.52 Å². The fraction of sp³-hybridized carbons (Fsp3) is 0.524. The van der Waals surface area contributed by atoms with Gasteiger partial charge in [-0.25, -0.2) is 0 Å². The van der Waals surface area contributed by atoms with Gasteiger partial charge in [0.25, 0.3) is 0 Å². The fourth-order valence-corrected chi connectivity index (χ4v) is 4.55. The van der Waals surface area contributed by atoms with Gasteiger partial charge in [-0.05, 0) is 38.0 Å². The molecule has 0 saturated carbocycles. The van der Waals surface area contributed by atoms with E-state index in [0.717, 1.165) is 47.7 Å². The second kappa shape index (κ2) is 9.87. The first-order chi connectivity index (χ1) is 14.2. The van der Waals surface area contributed by atoms with Gasteiger partial charge >= 0.3 is 6.18 Å². The number of nitrogens with zero attached hydrogens (tertiary/aromatic N) is 3. The summed E-state index contributed by atoms with van der Waals surface area (Å²) in [6.07, 6.45) is -3.47. The summed E-state index contributed by atoms with van der Waals surface area (Å²) in [6.45, 7) is 7.21. The summed E-state index contributed by atoms with van der Waals surface area (Å²) >= 11 is 1.56. The zero-order valence-corrected chi connectivity index (χ0v) is 18.0. The van der Waals surface area contributed by atoms with Gasteiger partial charge in [-0.1, -0.05) is 17.3 Å². The fourth-order valence-electron chi connectivity index (χ4n) is 3.48. The molecule has 2 heterocycles. The molecule has 0 bridgehead atoms. The Balaban J connectivity index is 1.45. The molecule has 0 radical (unpaired) electrons. The van der Waals surface area contributed by atoms with Crippen LogP contribution in [0, 0.1) is 13.8 Å². The molecule has 1 amide bonds. The number of aromatic nitrogens is 1. The van der Waals surface area contributed by atoms with Crippen LogP contribution in [0.1, 0.15) is 34.6 Å². The summed E-state index contributed by atoms with van der Waals surface area (Å²) in [7, 11) is 0. The van der Waals surface area contributed by atoms with Crippen LogP contribution in [0.15, 0.2) is 28.8 Å². The molecule has 0 unspecified atom stereocenters. The van der Waals surface area contributed by atoms with E-state index in [1.54, 1.807) is 11.8 Å². The minimum Gasteiger partial charge on any atom is -0.361 e. The normalized spacial score (nSPS) is 16.0. The smallest absolute Gasteiger partial charge is 0.361 e. The number of carbonyl (C=O) groups excluding carboxylic acids is 1. The summed E-state index contributed by atoms with van der Waals surface area (Å²) in [5, 5.41) is 3.93. The Hall–Kier alpha value is -2.00. The van der Waals surface area contributed by atoms with Crippen molar-refractivity contribution in [1.82, 2.24) is 15.0 Å². The maximum atomic E-state index is 12.7. The average molecular weight is 442 g/mol. The van der Waals surface area contributed by atoms with Crippen LogP contribution in [0.2, 0.25) is 0 Å². The molecule has 0 spiro atoms. The van der Waals surface area contributed by atoms with Crippen LogP contribution in [-0.2, 0) is 23.3 Å². The first-order valence-electron chi connectivity index (χ1n) is 9.90. The molecule has 1 aromatic carbocycles. The summed E-state index contributed by atoms with van der Waals surface area (Å²) < 4.78 is 43.3. The van der Waals surface area contributed by atoms with Crippen molar-refractivity contribution >= 4 is 17.7 Å². The van der Waals surface area contributed by atoms with Crippen LogP contribution in [-0.4, -0.2) is 52.8 Å². The molecule has 2 aromatic rings. The van der Waals surface area contributed by atoms with Crippen LogP contribution >= 0.6 is 11.8 Å². The van der Waals surface area contributed by atoms with Crippen molar-refractivity contribution in [2.75, 3.05) is 31.9 Å². The Morgan fingerprint density at radius 1 is 1.13 bits per heavy atom. The molecule has 3 rings (SSSR count). The SMILES string of the molecule is Cc1noc(C)c1CSCC(=O)N1CCCN(Cc2ccc(C(F)(F)F)cc2)CC1. The zero-order chi connectivity index (χ0) is 21.7. The average Bonchev–Trinajstić information content (AvgIpc) is 2.89. The van der Waals surface area contributed by atoms with Crippen molar-refractivity contribution in [3.05, 3.63) is 52.4 Å². The van der Waals surface area contributed by atoms with E-state index in [1.807, 2.05) is 18.7 Å². The quantitative estimate of drug-likeness (QED) is 0.670. The van der Waals surface area contributed by atoms with E-state index in [1.165, 1.54) is 12.1 Å². The molecule has 5 nitrogen and oxygen atoms in total. The van der Waals surface area contributed by atoms with Crippen molar-refractivity contribution in [2.24, 2.45) is 0 Å². The van der Waals surface area contributed by atoms with Crippen LogP contribution in [0.3, 0.4) is 0 Å². The van der Waals surface area contributed by atoms with E-state index < -0.39 is 11.7 Å². The van der Waals surface area contributed by atoms with Crippen molar-refractivity contribution in [3.8, 4) is 0 Å². The largest absolute Gasteiger partial charge is 0.416 e. The van der Waals surface area contributed by atoms with Gasteiger partial charge < -0.3 is 9.42 Å². The van der Waals surface area contributed by atoms with E-state index in [9.17, 15) is 18.0 Å². The van der Waals surface area contributed by atoms with E-state index in [-0.39, 0.29) is 5.91 Å². The van der Waals surface area contributed by atoms with Crippen LogP contribution < -0.4 is 0 Å². The Morgan fingerprint density at radius 3 is 2.50 bits per heavy atom. The molecule has 1 aliphatic rings. The molecule has 1 aliphatic heterocycles.